The number of rotatable bonds is 6. The highest BCUT2D eigenvalue weighted by molar-refractivity contribution is 7.92. The van der Waals surface area contributed by atoms with Crippen molar-refractivity contribution in [3.8, 4) is 0 Å². The summed E-state index contributed by atoms with van der Waals surface area (Å²) in [4.78, 5) is 23.2. The van der Waals surface area contributed by atoms with Crippen molar-refractivity contribution in [2.75, 3.05) is 11.1 Å². The third kappa shape index (κ3) is 3.92. The molecule has 3 N–H and O–H groups in total. The van der Waals surface area contributed by atoms with E-state index >= 15 is 0 Å². The van der Waals surface area contributed by atoms with E-state index in [1.807, 2.05) is 0 Å². The molecule has 1 aromatic rings. The molecule has 136 valence electrons. The first-order valence-electron chi connectivity index (χ1n) is 8.20. The minimum atomic E-state index is -3.25. The van der Waals surface area contributed by atoms with E-state index in [-0.39, 0.29) is 35.8 Å². The molecule has 0 bridgehead atoms. The van der Waals surface area contributed by atoms with E-state index in [2.05, 4.69) is 16.0 Å². The summed E-state index contributed by atoms with van der Waals surface area (Å²) in [5.74, 6) is -0.856. The van der Waals surface area contributed by atoms with Gasteiger partial charge in [0.25, 0.3) is 0 Å². The molecule has 2 saturated heterocycles. The number of para-hydroxylation sites is 1. The van der Waals surface area contributed by atoms with Crippen molar-refractivity contribution in [1.82, 2.24) is 10.6 Å². The first-order chi connectivity index (χ1) is 11.9. The van der Waals surface area contributed by atoms with Crippen LogP contribution >= 0.6 is 0 Å². The van der Waals surface area contributed by atoms with Crippen LogP contribution < -0.4 is 16.0 Å². The highest BCUT2D eigenvalue weighted by Crippen LogP contribution is 2.28. The van der Waals surface area contributed by atoms with Crippen LogP contribution in [0.2, 0.25) is 0 Å². The van der Waals surface area contributed by atoms with Gasteiger partial charge in [0.1, 0.15) is 5.82 Å². The van der Waals surface area contributed by atoms with Crippen LogP contribution in [0.4, 0.5) is 14.9 Å². The molecule has 25 heavy (non-hydrogen) atoms. The summed E-state index contributed by atoms with van der Waals surface area (Å²) in [5.41, 5.74) is 0.133. The van der Waals surface area contributed by atoms with E-state index in [1.54, 1.807) is 6.07 Å². The van der Waals surface area contributed by atoms with Crippen molar-refractivity contribution in [3.05, 3.63) is 30.1 Å². The number of urea groups is 1. The fourth-order valence-corrected chi connectivity index (χ4v) is 5.68. The van der Waals surface area contributed by atoms with Crippen LogP contribution in [0.1, 0.15) is 25.7 Å². The summed E-state index contributed by atoms with van der Waals surface area (Å²) in [6.45, 7) is 0. The maximum absolute atomic E-state index is 13.5. The second-order valence-electron chi connectivity index (χ2n) is 6.39. The Labute approximate surface area is 145 Å². The lowest BCUT2D eigenvalue weighted by molar-refractivity contribution is -0.116. The Balaban J connectivity index is 1.46. The molecule has 0 aromatic heterocycles. The van der Waals surface area contributed by atoms with Crippen LogP contribution in [-0.2, 0) is 14.6 Å². The van der Waals surface area contributed by atoms with Gasteiger partial charge in [-0.3, -0.25) is 4.79 Å². The van der Waals surface area contributed by atoms with Gasteiger partial charge < -0.3 is 16.0 Å². The van der Waals surface area contributed by atoms with Crippen molar-refractivity contribution in [2.24, 2.45) is 0 Å². The van der Waals surface area contributed by atoms with Gasteiger partial charge in [0, 0.05) is 6.42 Å². The molecular formula is C16H20FN3O4S. The number of carbonyl (C=O) groups excluding carboxylic acids is 2. The summed E-state index contributed by atoms with van der Waals surface area (Å²) in [6, 6.07) is 4.81. The van der Waals surface area contributed by atoms with Crippen molar-refractivity contribution >= 4 is 27.5 Å². The largest absolute Gasteiger partial charge is 0.332 e. The lowest BCUT2D eigenvalue weighted by Gasteiger charge is -2.16. The van der Waals surface area contributed by atoms with Gasteiger partial charge in [-0.25, -0.2) is 17.6 Å². The number of anilines is 1. The predicted molar refractivity (Wildman–Crippen MR) is 90.3 cm³/mol. The zero-order chi connectivity index (χ0) is 18.0. The SMILES string of the molecule is O=C(CCCCC1C2NC(=O)NC2CS1(=O)=O)Nc1ccccc1F. The number of hydrogen-bond acceptors (Lipinski definition) is 4. The number of nitrogens with one attached hydrogen (secondary N) is 3. The number of unbranched alkanes of at least 4 members (excludes halogenated alkanes) is 1. The molecule has 0 spiro atoms. The molecule has 3 unspecified atom stereocenters. The first kappa shape index (κ1) is 17.7. The minimum Gasteiger partial charge on any atom is -0.332 e. The van der Waals surface area contributed by atoms with E-state index in [9.17, 15) is 22.4 Å². The summed E-state index contributed by atoms with van der Waals surface area (Å²) >= 11 is 0. The molecule has 9 heteroatoms. The Bertz CT molecular complexity index is 783. The molecule has 7 nitrogen and oxygen atoms in total. The predicted octanol–water partition coefficient (Wildman–Crippen LogP) is 1.17. The van der Waals surface area contributed by atoms with E-state index in [4.69, 9.17) is 0 Å². The lowest BCUT2D eigenvalue weighted by atomic mass is 10.0. The quantitative estimate of drug-likeness (QED) is 0.517. The highest BCUT2D eigenvalue weighted by Gasteiger charge is 2.51. The zero-order valence-corrected chi connectivity index (χ0v) is 14.3. The molecule has 3 rings (SSSR count). The summed E-state index contributed by atoms with van der Waals surface area (Å²) in [7, 11) is -3.25. The maximum atomic E-state index is 13.5. The van der Waals surface area contributed by atoms with Crippen molar-refractivity contribution in [2.45, 2.75) is 43.0 Å². The summed E-state index contributed by atoms with van der Waals surface area (Å²) in [6.07, 6.45) is 1.59. The molecule has 2 heterocycles. The number of carbonyl (C=O) groups is 2. The van der Waals surface area contributed by atoms with Crippen molar-refractivity contribution in [1.29, 1.82) is 0 Å². The monoisotopic (exact) mass is 369 g/mol. The highest BCUT2D eigenvalue weighted by atomic mass is 32.2. The second kappa shape index (κ2) is 6.99. The van der Waals surface area contributed by atoms with Gasteiger partial charge in [0.15, 0.2) is 9.84 Å². The smallest absolute Gasteiger partial charge is 0.315 e. The molecule has 0 aliphatic carbocycles. The molecule has 2 aliphatic rings. The van der Waals surface area contributed by atoms with Crippen LogP contribution in [0.3, 0.4) is 0 Å². The third-order valence-electron chi connectivity index (χ3n) is 4.61. The van der Waals surface area contributed by atoms with E-state index in [0.717, 1.165) is 0 Å². The average Bonchev–Trinajstić information content (AvgIpc) is 2.98. The topological polar surface area (TPSA) is 104 Å². The van der Waals surface area contributed by atoms with Gasteiger partial charge >= 0.3 is 6.03 Å². The van der Waals surface area contributed by atoms with E-state index < -0.39 is 26.9 Å². The Morgan fingerprint density at radius 1 is 1.24 bits per heavy atom. The molecule has 3 amide bonds. The number of fused-ring (bicyclic) bond motifs is 1. The second-order valence-corrected chi connectivity index (χ2v) is 8.66. The van der Waals surface area contributed by atoms with Gasteiger partial charge in [-0.1, -0.05) is 18.6 Å². The molecule has 0 radical (unpaired) electrons. The fraction of sp³-hybridized carbons (Fsp3) is 0.500. The van der Waals surface area contributed by atoms with Crippen LogP contribution in [0.15, 0.2) is 24.3 Å². The first-order valence-corrected chi connectivity index (χ1v) is 9.91. The van der Waals surface area contributed by atoms with Crippen LogP contribution in [0, 0.1) is 5.82 Å². The summed E-state index contributed by atoms with van der Waals surface area (Å²) in [5, 5.41) is 7.15. The summed E-state index contributed by atoms with van der Waals surface area (Å²) < 4.78 is 37.8. The number of halogens is 1. The standard InChI is InChI=1S/C16H20FN3O4S/c17-10-5-1-2-6-11(10)18-14(21)8-4-3-7-13-15-12(9-25(13,23)24)19-16(22)20-15/h1-2,5-6,12-13,15H,3-4,7-9H2,(H,18,21)(H2,19,20,22). The normalized spacial score (nSPS) is 26.6. The maximum Gasteiger partial charge on any atom is 0.315 e. The fourth-order valence-electron chi connectivity index (χ4n) is 3.41. The Hall–Kier alpha value is -2.16. The Kier molecular flexibility index (Phi) is 4.94. The van der Waals surface area contributed by atoms with Gasteiger partial charge in [-0.15, -0.1) is 0 Å². The zero-order valence-electron chi connectivity index (χ0n) is 13.5. The third-order valence-corrected chi connectivity index (χ3v) is 6.89. The molecule has 1 aromatic carbocycles. The molecule has 3 atom stereocenters. The molecular weight excluding hydrogens is 349 g/mol. The Morgan fingerprint density at radius 2 is 2.00 bits per heavy atom. The number of benzene rings is 1. The van der Waals surface area contributed by atoms with Crippen LogP contribution in [0.25, 0.3) is 0 Å². The number of sulfone groups is 1. The van der Waals surface area contributed by atoms with E-state index in [1.165, 1.54) is 18.2 Å². The number of hydrogen-bond donors (Lipinski definition) is 3. The minimum absolute atomic E-state index is 0.0468. The lowest BCUT2D eigenvalue weighted by Crippen LogP contribution is -2.39. The Morgan fingerprint density at radius 3 is 2.76 bits per heavy atom. The van der Waals surface area contributed by atoms with E-state index in [0.29, 0.717) is 19.3 Å². The van der Waals surface area contributed by atoms with Gasteiger partial charge in [-0.05, 0) is 25.0 Å². The van der Waals surface area contributed by atoms with Gasteiger partial charge in [0.05, 0.1) is 28.8 Å². The van der Waals surface area contributed by atoms with Crippen LogP contribution in [-0.4, -0.2) is 43.4 Å². The number of amides is 3. The van der Waals surface area contributed by atoms with Crippen molar-refractivity contribution in [3.63, 3.8) is 0 Å². The van der Waals surface area contributed by atoms with Crippen molar-refractivity contribution < 1.29 is 22.4 Å². The van der Waals surface area contributed by atoms with Crippen LogP contribution in [0.5, 0.6) is 0 Å². The van der Waals surface area contributed by atoms with Gasteiger partial charge in [-0.2, -0.15) is 0 Å². The van der Waals surface area contributed by atoms with Gasteiger partial charge in [0.2, 0.25) is 5.91 Å². The molecule has 2 aliphatic heterocycles. The molecule has 2 fully saturated rings. The average molecular weight is 369 g/mol. The molecule has 0 saturated carbocycles.